The van der Waals surface area contributed by atoms with Crippen LogP contribution in [0.3, 0.4) is 0 Å². The van der Waals surface area contributed by atoms with Crippen molar-refractivity contribution in [2.45, 2.75) is 32.6 Å². The first-order chi connectivity index (χ1) is 15.4. The number of hydrogen-bond acceptors (Lipinski definition) is 5. The lowest BCUT2D eigenvalue weighted by Crippen LogP contribution is -2.27. The van der Waals surface area contributed by atoms with Gasteiger partial charge < -0.3 is 15.6 Å². The normalized spacial score (nSPS) is 10.6. The van der Waals surface area contributed by atoms with Gasteiger partial charge in [-0.1, -0.05) is 11.6 Å². The second-order valence-electron chi connectivity index (χ2n) is 7.22. The maximum atomic E-state index is 12.5. The van der Waals surface area contributed by atoms with Crippen molar-refractivity contribution in [2.75, 3.05) is 11.9 Å². The minimum Gasteiger partial charge on any atom is -0.356 e. The second kappa shape index (κ2) is 11.2. The number of aryl methyl sites for hydroxylation is 1. The highest BCUT2D eigenvalue weighted by atomic mass is 35.5. The maximum Gasteiger partial charge on any atom is 0.254 e. The van der Waals surface area contributed by atoms with Crippen LogP contribution in [0.1, 0.15) is 30.5 Å². The Labute approximate surface area is 190 Å². The number of aromatic nitrogens is 3. The number of amides is 2. The molecular formula is C23H24ClN5O3. The molecular weight excluding hydrogens is 430 g/mol. The molecule has 1 aromatic carbocycles. The Morgan fingerprint density at radius 2 is 1.75 bits per heavy atom. The minimum absolute atomic E-state index is 0.135. The number of anilines is 1. The summed E-state index contributed by atoms with van der Waals surface area (Å²) in [4.78, 5) is 47.7. The Morgan fingerprint density at radius 3 is 2.44 bits per heavy atom. The fourth-order valence-corrected chi connectivity index (χ4v) is 3.24. The van der Waals surface area contributed by atoms with Gasteiger partial charge in [0, 0.05) is 59.3 Å². The average Bonchev–Trinajstić information content (AvgIpc) is 2.78. The summed E-state index contributed by atoms with van der Waals surface area (Å²) in [6, 6.07) is 10.4. The van der Waals surface area contributed by atoms with Gasteiger partial charge in [-0.25, -0.2) is 4.98 Å². The Morgan fingerprint density at radius 1 is 1.03 bits per heavy atom. The first-order valence-corrected chi connectivity index (χ1v) is 10.6. The zero-order valence-electron chi connectivity index (χ0n) is 17.7. The molecule has 2 amide bonds. The molecule has 0 aliphatic rings. The highest BCUT2D eigenvalue weighted by Crippen LogP contribution is 2.14. The molecule has 8 nitrogen and oxygen atoms in total. The van der Waals surface area contributed by atoms with E-state index in [9.17, 15) is 14.4 Å². The summed E-state index contributed by atoms with van der Waals surface area (Å²) in [5.41, 5.74) is 2.26. The largest absolute Gasteiger partial charge is 0.356 e. The van der Waals surface area contributed by atoms with E-state index in [2.05, 4.69) is 25.6 Å². The molecule has 3 aromatic rings. The van der Waals surface area contributed by atoms with Crippen molar-refractivity contribution < 1.29 is 9.59 Å². The number of nitrogens with one attached hydrogen (secondary N) is 3. The van der Waals surface area contributed by atoms with Crippen LogP contribution in [0.4, 0.5) is 5.69 Å². The number of rotatable bonds is 9. The quantitative estimate of drug-likeness (QED) is 0.430. The molecule has 0 fully saturated rings. The fraction of sp³-hybridized carbons (Fsp3) is 0.261. The van der Waals surface area contributed by atoms with E-state index < -0.39 is 0 Å². The second-order valence-corrected chi connectivity index (χ2v) is 7.66. The lowest BCUT2D eigenvalue weighted by atomic mass is 10.1. The van der Waals surface area contributed by atoms with Crippen LogP contribution in [0, 0.1) is 6.92 Å². The molecule has 0 atom stereocenters. The maximum absolute atomic E-state index is 12.5. The molecule has 2 aromatic heterocycles. The molecule has 9 heteroatoms. The van der Waals surface area contributed by atoms with Crippen molar-refractivity contribution >= 4 is 29.1 Å². The lowest BCUT2D eigenvalue weighted by Gasteiger charge is -2.08. The van der Waals surface area contributed by atoms with E-state index in [0.29, 0.717) is 40.8 Å². The first kappa shape index (κ1) is 23.1. The Hall–Kier alpha value is -3.52. The number of carbonyl (C=O) groups is 2. The van der Waals surface area contributed by atoms with E-state index in [-0.39, 0.29) is 36.6 Å². The summed E-state index contributed by atoms with van der Waals surface area (Å²) in [7, 11) is 0. The third kappa shape index (κ3) is 6.75. The highest BCUT2D eigenvalue weighted by molar-refractivity contribution is 6.30. The summed E-state index contributed by atoms with van der Waals surface area (Å²) in [5.74, 6) is 0.157. The van der Waals surface area contributed by atoms with E-state index in [4.69, 9.17) is 11.6 Å². The number of benzene rings is 1. The molecule has 32 heavy (non-hydrogen) atoms. The van der Waals surface area contributed by atoms with Gasteiger partial charge in [-0.05, 0) is 56.2 Å². The van der Waals surface area contributed by atoms with Crippen molar-refractivity contribution in [3.05, 3.63) is 75.4 Å². The van der Waals surface area contributed by atoms with Crippen molar-refractivity contribution in [2.24, 2.45) is 0 Å². The van der Waals surface area contributed by atoms with Crippen LogP contribution in [0.2, 0.25) is 5.02 Å². The van der Waals surface area contributed by atoms with Gasteiger partial charge in [-0.2, -0.15) is 0 Å². The van der Waals surface area contributed by atoms with Gasteiger partial charge in [-0.3, -0.25) is 19.4 Å². The van der Waals surface area contributed by atoms with Crippen LogP contribution in [-0.4, -0.2) is 33.3 Å². The molecule has 3 rings (SSSR count). The van der Waals surface area contributed by atoms with Gasteiger partial charge in [0.1, 0.15) is 5.82 Å². The number of H-pyrrole nitrogens is 1. The molecule has 0 aliphatic carbocycles. The summed E-state index contributed by atoms with van der Waals surface area (Å²) in [6.45, 7) is 2.13. The topological polar surface area (TPSA) is 117 Å². The van der Waals surface area contributed by atoms with E-state index in [0.717, 1.165) is 5.56 Å². The van der Waals surface area contributed by atoms with Crippen LogP contribution in [0.25, 0.3) is 11.4 Å². The zero-order chi connectivity index (χ0) is 22.9. The Bertz CT molecular complexity index is 1130. The van der Waals surface area contributed by atoms with Crippen LogP contribution < -0.4 is 16.2 Å². The smallest absolute Gasteiger partial charge is 0.254 e. The van der Waals surface area contributed by atoms with E-state index in [1.807, 2.05) is 0 Å². The fourth-order valence-electron chi connectivity index (χ4n) is 3.11. The molecule has 0 saturated heterocycles. The average molecular weight is 454 g/mol. The van der Waals surface area contributed by atoms with Gasteiger partial charge in [0.25, 0.3) is 5.56 Å². The van der Waals surface area contributed by atoms with Crippen molar-refractivity contribution in [1.29, 1.82) is 0 Å². The molecule has 0 aliphatic heterocycles. The predicted octanol–water partition coefficient (Wildman–Crippen LogP) is 3.26. The molecule has 0 saturated carbocycles. The number of pyridine rings is 1. The molecule has 0 radical (unpaired) electrons. The third-order valence-corrected chi connectivity index (χ3v) is 5.06. The Balaban J connectivity index is 1.41. The van der Waals surface area contributed by atoms with Crippen LogP contribution in [0.15, 0.2) is 53.6 Å². The van der Waals surface area contributed by atoms with E-state index in [1.165, 1.54) is 0 Å². The summed E-state index contributed by atoms with van der Waals surface area (Å²) < 4.78 is 0. The Kier molecular flexibility index (Phi) is 8.10. The van der Waals surface area contributed by atoms with E-state index >= 15 is 0 Å². The molecule has 0 spiro atoms. The number of hydrogen-bond donors (Lipinski definition) is 3. The third-order valence-electron chi connectivity index (χ3n) is 4.81. The van der Waals surface area contributed by atoms with Gasteiger partial charge in [-0.15, -0.1) is 0 Å². The number of aromatic amines is 1. The van der Waals surface area contributed by atoms with Crippen LogP contribution in [-0.2, 0) is 16.0 Å². The predicted molar refractivity (Wildman–Crippen MR) is 123 cm³/mol. The van der Waals surface area contributed by atoms with Crippen LogP contribution in [0.5, 0.6) is 0 Å². The molecule has 0 bridgehead atoms. The van der Waals surface area contributed by atoms with E-state index in [1.54, 1.807) is 55.7 Å². The SMILES string of the molecule is Cc1nc(-c2ccncc2)[nH]c(=O)c1CCC(=O)NCCCC(=O)Nc1ccc(Cl)cc1. The summed E-state index contributed by atoms with van der Waals surface area (Å²) in [6.07, 6.45) is 4.49. The van der Waals surface area contributed by atoms with Gasteiger partial charge in [0.15, 0.2) is 0 Å². The van der Waals surface area contributed by atoms with Crippen molar-refractivity contribution in [3.8, 4) is 11.4 Å². The molecule has 166 valence electrons. The number of nitrogens with zero attached hydrogens (tertiary/aromatic N) is 2. The zero-order valence-corrected chi connectivity index (χ0v) is 18.4. The lowest BCUT2D eigenvalue weighted by molar-refractivity contribution is -0.121. The standard InChI is InChI=1S/C23H24ClN5O3/c1-15-19(23(32)29-22(27-15)16-10-13-25-14-11-16)8-9-20(30)26-12-2-3-21(31)28-18-6-4-17(24)5-7-18/h4-7,10-11,13-14H,2-3,8-9,12H2,1H3,(H,26,30)(H,28,31)(H,27,29,32). The highest BCUT2D eigenvalue weighted by Gasteiger charge is 2.12. The molecule has 3 N–H and O–H groups in total. The van der Waals surface area contributed by atoms with Crippen molar-refractivity contribution in [3.63, 3.8) is 0 Å². The molecule has 2 heterocycles. The minimum atomic E-state index is -0.254. The van der Waals surface area contributed by atoms with Crippen molar-refractivity contribution in [1.82, 2.24) is 20.3 Å². The first-order valence-electron chi connectivity index (χ1n) is 10.2. The monoisotopic (exact) mass is 453 g/mol. The molecule has 0 unspecified atom stereocenters. The van der Waals surface area contributed by atoms with Gasteiger partial charge in [0.2, 0.25) is 11.8 Å². The summed E-state index contributed by atoms with van der Waals surface area (Å²) in [5, 5.41) is 6.15. The number of halogens is 1. The van der Waals surface area contributed by atoms with Gasteiger partial charge in [0.05, 0.1) is 0 Å². The van der Waals surface area contributed by atoms with Crippen LogP contribution >= 0.6 is 11.6 Å². The summed E-state index contributed by atoms with van der Waals surface area (Å²) >= 11 is 5.82. The number of carbonyl (C=O) groups excluding carboxylic acids is 2. The van der Waals surface area contributed by atoms with Gasteiger partial charge >= 0.3 is 0 Å².